The van der Waals surface area contributed by atoms with Crippen LogP contribution in [0.15, 0.2) is 30.3 Å². The van der Waals surface area contributed by atoms with Crippen molar-refractivity contribution in [1.82, 2.24) is 4.90 Å². The standard InChI is InChI=1S/C14H21N3O2/c15-13(18)14(16,12-5-2-1-3-6-12)11-17-7-4-9-19-10-8-17/h1-3,5-6H,4,7-11,16H2,(H2,15,18). The van der Waals surface area contributed by atoms with Crippen LogP contribution in [0, 0.1) is 0 Å². The van der Waals surface area contributed by atoms with Crippen molar-refractivity contribution in [3.8, 4) is 0 Å². The summed E-state index contributed by atoms with van der Waals surface area (Å²) in [4.78, 5) is 14.0. The molecule has 5 heteroatoms. The average Bonchev–Trinajstić information content (AvgIpc) is 2.68. The van der Waals surface area contributed by atoms with Crippen LogP contribution in [0.2, 0.25) is 0 Å². The molecule has 1 atom stereocenters. The number of carbonyl (C=O) groups is 1. The second-order valence-electron chi connectivity index (χ2n) is 4.94. The quantitative estimate of drug-likeness (QED) is 0.804. The molecule has 0 spiro atoms. The first-order chi connectivity index (χ1) is 9.13. The van der Waals surface area contributed by atoms with E-state index in [1.807, 2.05) is 30.3 Å². The normalized spacial score (nSPS) is 20.5. The Labute approximate surface area is 113 Å². The Hall–Kier alpha value is -1.43. The molecule has 19 heavy (non-hydrogen) atoms. The number of nitrogens with zero attached hydrogens (tertiary/aromatic N) is 1. The van der Waals surface area contributed by atoms with Crippen molar-refractivity contribution in [2.75, 3.05) is 32.8 Å². The average molecular weight is 263 g/mol. The Morgan fingerprint density at radius 2 is 2.00 bits per heavy atom. The SMILES string of the molecule is NC(=O)C(N)(CN1CCCOCC1)c1ccccc1. The molecule has 1 heterocycles. The molecule has 1 fully saturated rings. The Morgan fingerprint density at radius 1 is 1.26 bits per heavy atom. The van der Waals surface area contributed by atoms with Crippen LogP contribution < -0.4 is 11.5 Å². The number of hydrogen-bond acceptors (Lipinski definition) is 4. The smallest absolute Gasteiger partial charge is 0.243 e. The second-order valence-corrected chi connectivity index (χ2v) is 4.94. The van der Waals surface area contributed by atoms with Gasteiger partial charge in [-0.05, 0) is 12.0 Å². The van der Waals surface area contributed by atoms with Crippen molar-refractivity contribution < 1.29 is 9.53 Å². The highest BCUT2D eigenvalue weighted by Crippen LogP contribution is 2.20. The maximum absolute atomic E-state index is 11.8. The van der Waals surface area contributed by atoms with Gasteiger partial charge < -0.3 is 16.2 Å². The van der Waals surface area contributed by atoms with Crippen LogP contribution in [0.1, 0.15) is 12.0 Å². The van der Waals surface area contributed by atoms with Crippen molar-refractivity contribution >= 4 is 5.91 Å². The van der Waals surface area contributed by atoms with Gasteiger partial charge in [-0.25, -0.2) is 0 Å². The fourth-order valence-corrected chi connectivity index (χ4v) is 2.36. The van der Waals surface area contributed by atoms with Crippen molar-refractivity contribution in [2.24, 2.45) is 11.5 Å². The van der Waals surface area contributed by atoms with Crippen molar-refractivity contribution in [3.05, 3.63) is 35.9 Å². The third kappa shape index (κ3) is 3.32. The van der Waals surface area contributed by atoms with Gasteiger partial charge in [0.1, 0.15) is 5.54 Å². The van der Waals surface area contributed by atoms with E-state index in [0.29, 0.717) is 13.2 Å². The zero-order valence-corrected chi connectivity index (χ0v) is 11.0. The van der Waals surface area contributed by atoms with Crippen LogP contribution in [0.3, 0.4) is 0 Å². The minimum absolute atomic E-state index is 0.426. The third-order valence-electron chi connectivity index (χ3n) is 3.52. The minimum Gasteiger partial charge on any atom is -0.380 e. The molecule has 0 bridgehead atoms. The number of benzene rings is 1. The van der Waals surface area contributed by atoms with Crippen LogP contribution in [0.5, 0.6) is 0 Å². The molecule has 0 radical (unpaired) electrons. The molecule has 1 aromatic carbocycles. The molecule has 1 saturated heterocycles. The lowest BCUT2D eigenvalue weighted by Crippen LogP contribution is -2.56. The summed E-state index contributed by atoms with van der Waals surface area (Å²) in [6.45, 7) is 3.51. The van der Waals surface area contributed by atoms with Crippen molar-refractivity contribution in [1.29, 1.82) is 0 Å². The fourth-order valence-electron chi connectivity index (χ4n) is 2.36. The Balaban J connectivity index is 2.17. The van der Waals surface area contributed by atoms with Crippen LogP contribution in [-0.4, -0.2) is 43.7 Å². The maximum atomic E-state index is 11.8. The van der Waals surface area contributed by atoms with Crippen LogP contribution in [0.25, 0.3) is 0 Å². The topological polar surface area (TPSA) is 81.6 Å². The van der Waals surface area contributed by atoms with Gasteiger partial charge in [0.05, 0.1) is 6.61 Å². The summed E-state index contributed by atoms with van der Waals surface area (Å²) in [7, 11) is 0. The number of nitrogens with two attached hydrogens (primary N) is 2. The largest absolute Gasteiger partial charge is 0.380 e. The highest BCUT2D eigenvalue weighted by Gasteiger charge is 2.36. The van der Waals surface area contributed by atoms with Gasteiger partial charge in [0.25, 0.3) is 0 Å². The molecule has 0 aromatic heterocycles. The number of hydrogen-bond donors (Lipinski definition) is 2. The van der Waals surface area contributed by atoms with E-state index in [4.69, 9.17) is 16.2 Å². The van der Waals surface area contributed by atoms with Gasteiger partial charge in [-0.2, -0.15) is 0 Å². The van der Waals surface area contributed by atoms with Gasteiger partial charge in [0.2, 0.25) is 5.91 Å². The predicted molar refractivity (Wildman–Crippen MR) is 73.4 cm³/mol. The Bertz CT molecular complexity index is 416. The minimum atomic E-state index is -1.15. The third-order valence-corrected chi connectivity index (χ3v) is 3.52. The molecule has 5 nitrogen and oxygen atoms in total. The molecular formula is C14H21N3O2. The summed E-state index contributed by atoms with van der Waals surface area (Å²) >= 11 is 0. The summed E-state index contributed by atoms with van der Waals surface area (Å²) in [6, 6.07) is 9.32. The number of rotatable bonds is 4. The van der Waals surface area contributed by atoms with Crippen LogP contribution in [0.4, 0.5) is 0 Å². The zero-order chi connectivity index (χ0) is 13.7. The van der Waals surface area contributed by atoms with Crippen LogP contribution >= 0.6 is 0 Å². The predicted octanol–water partition coefficient (Wildman–Crippen LogP) is 0.0482. The van der Waals surface area contributed by atoms with E-state index >= 15 is 0 Å². The molecule has 104 valence electrons. The zero-order valence-electron chi connectivity index (χ0n) is 11.0. The first-order valence-corrected chi connectivity index (χ1v) is 6.57. The van der Waals surface area contributed by atoms with E-state index in [0.717, 1.165) is 31.7 Å². The Morgan fingerprint density at radius 3 is 2.68 bits per heavy atom. The molecule has 1 amide bonds. The molecule has 1 aromatic rings. The number of ether oxygens (including phenoxy) is 1. The van der Waals surface area contributed by atoms with E-state index in [1.54, 1.807) is 0 Å². The summed E-state index contributed by atoms with van der Waals surface area (Å²) in [5.41, 5.74) is 11.4. The molecule has 0 aliphatic carbocycles. The summed E-state index contributed by atoms with van der Waals surface area (Å²) < 4.78 is 5.41. The van der Waals surface area contributed by atoms with E-state index in [1.165, 1.54) is 0 Å². The second kappa shape index (κ2) is 6.14. The fraction of sp³-hybridized carbons (Fsp3) is 0.500. The molecule has 4 N–H and O–H groups in total. The van der Waals surface area contributed by atoms with Gasteiger partial charge in [-0.3, -0.25) is 9.69 Å². The van der Waals surface area contributed by atoms with Gasteiger partial charge >= 0.3 is 0 Å². The monoisotopic (exact) mass is 263 g/mol. The highest BCUT2D eigenvalue weighted by molar-refractivity contribution is 5.86. The van der Waals surface area contributed by atoms with Crippen LogP contribution in [-0.2, 0) is 15.1 Å². The van der Waals surface area contributed by atoms with E-state index in [2.05, 4.69) is 4.90 Å². The summed E-state index contributed by atoms with van der Waals surface area (Å²) in [5, 5.41) is 0. The number of carbonyl (C=O) groups excluding carboxylic acids is 1. The van der Waals surface area contributed by atoms with Gasteiger partial charge in [0, 0.05) is 26.2 Å². The molecule has 0 saturated carbocycles. The number of primary amides is 1. The van der Waals surface area contributed by atoms with E-state index in [9.17, 15) is 4.79 Å². The van der Waals surface area contributed by atoms with Gasteiger partial charge in [-0.15, -0.1) is 0 Å². The lowest BCUT2D eigenvalue weighted by molar-refractivity contribution is -0.124. The van der Waals surface area contributed by atoms with E-state index < -0.39 is 11.4 Å². The lowest BCUT2D eigenvalue weighted by atomic mass is 9.89. The molecule has 1 unspecified atom stereocenters. The number of amides is 1. The Kier molecular flexibility index (Phi) is 4.52. The highest BCUT2D eigenvalue weighted by atomic mass is 16.5. The lowest BCUT2D eigenvalue weighted by Gasteiger charge is -2.32. The molecule has 2 rings (SSSR count). The first kappa shape index (κ1) is 14.0. The molecule has 1 aliphatic heterocycles. The van der Waals surface area contributed by atoms with Gasteiger partial charge in [0.15, 0.2) is 0 Å². The summed E-state index contributed by atoms with van der Waals surface area (Å²) in [5.74, 6) is -0.496. The molecule has 1 aliphatic rings. The molecular weight excluding hydrogens is 242 g/mol. The maximum Gasteiger partial charge on any atom is 0.243 e. The van der Waals surface area contributed by atoms with E-state index in [-0.39, 0.29) is 0 Å². The summed E-state index contributed by atoms with van der Waals surface area (Å²) in [6.07, 6.45) is 0.948. The van der Waals surface area contributed by atoms with Gasteiger partial charge in [-0.1, -0.05) is 30.3 Å². The van der Waals surface area contributed by atoms with Crippen molar-refractivity contribution in [3.63, 3.8) is 0 Å². The first-order valence-electron chi connectivity index (χ1n) is 6.57. The van der Waals surface area contributed by atoms with Crippen molar-refractivity contribution in [2.45, 2.75) is 12.0 Å².